The van der Waals surface area contributed by atoms with E-state index >= 15 is 0 Å². The van der Waals surface area contributed by atoms with Gasteiger partial charge in [-0.1, -0.05) is 48.1 Å². The molecule has 0 aliphatic rings. The second kappa shape index (κ2) is 5.55. The van der Waals surface area contributed by atoms with Crippen LogP contribution >= 0.6 is 0 Å². The molecule has 0 heteroatoms. The lowest BCUT2D eigenvalue weighted by Gasteiger charge is -2.04. The molecule has 0 nitrogen and oxygen atoms in total. The van der Waals surface area contributed by atoms with E-state index in [1.54, 1.807) is 0 Å². The smallest absolute Gasteiger partial charge is 0.0230 e. The molecule has 0 amide bonds. The van der Waals surface area contributed by atoms with Gasteiger partial charge in [0.2, 0.25) is 0 Å². The summed E-state index contributed by atoms with van der Waals surface area (Å²) in [5, 5.41) is 0. The molecule has 15 heavy (non-hydrogen) atoms. The average Bonchev–Trinajstić information content (AvgIpc) is 2.18. The third kappa shape index (κ3) is 4.16. The van der Waals surface area contributed by atoms with E-state index in [0.717, 1.165) is 12.8 Å². The minimum atomic E-state index is 1.05. The van der Waals surface area contributed by atoms with Crippen molar-refractivity contribution in [2.24, 2.45) is 0 Å². The zero-order valence-electron chi connectivity index (χ0n) is 10.0. The highest BCUT2D eigenvalue weighted by molar-refractivity contribution is 5.63. The number of hydrogen-bond acceptors (Lipinski definition) is 0. The van der Waals surface area contributed by atoms with Crippen LogP contribution in [0.3, 0.4) is 0 Å². The summed E-state index contributed by atoms with van der Waals surface area (Å²) in [5.41, 5.74) is 5.18. The number of allylic oxidation sites excluding steroid dienone is 3. The third-order valence-corrected chi connectivity index (χ3v) is 2.46. The molecule has 0 radical (unpaired) electrons. The second-order valence-corrected chi connectivity index (χ2v) is 4.29. The van der Waals surface area contributed by atoms with Crippen molar-refractivity contribution in [1.82, 2.24) is 0 Å². The van der Waals surface area contributed by atoms with Gasteiger partial charge in [0, 0.05) is 0 Å². The number of hydrogen-bond donors (Lipinski definition) is 0. The number of benzene rings is 1. The number of rotatable bonds is 4. The Kier molecular flexibility index (Phi) is 4.36. The lowest BCUT2D eigenvalue weighted by molar-refractivity contribution is 1.05. The molecule has 0 heterocycles. The summed E-state index contributed by atoms with van der Waals surface area (Å²) in [6.45, 7) is 10.5. The summed E-state index contributed by atoms with van der Waals surface area (Å²) >= 11 is 0. The predicted molar refractivity (Wildman–Crippen MR) is 68.9 cm³/mol. The second-order valence-electron chi connectivity index (χ2n) is 4.29. The van der Waals surface area contributed by atoms with Crippen LogP contribution in [0.15, 0.2) is 42.5 Å². The van der Waals surface area contributed by atoms with Gasteiger partial charge < -0.3 is 0 Å². The molecule has 80 valence electrons. The summed E-state index contributed by atoms with van der Waals surface area (Å²) in [5.74, 6) is 0. The molecule has 0 saturated carbocycles. The topological polar surface area (TPSA) is 0 Å². The third-order valence-electron chi connectivity index (χ3n) is 2.46. The molecule has 1 rings (SSSR count). The predicted octanol–water partition coefficient (Wildman–Crippen LogP) is 4.75. The Morgan fingerprint density at radius 1 is 1.20 bits per heavy atom. The summed E-state index contributed by atoms with van der Waals surface area (Å²) in [7, 11) is 0. The molecular formula is C15H20. The Morgan fingerprint density at radius 2 is 1.80 bits per heavy atom. The molecule has 0 bridgehead atoms. The Labute approximate surface area is 93.3 Å². The summed E-state index contributed by atoms with van der Waals surface area (Å²) in [6, 6.07) is 8.59. The first kappa shape index (κ1) is 11.8. The maximum Gasteiger partial charge on any atom is -0.0230 e. The first-order valence-electron chi connectivity index (χ1n) is 5.48. The van der Waals surface area contributed by atoms with Crippen LogP contribution in [0, 0.1) is 6.92 Å². The van der Waals surface area contributed by atoms with Crippen LogP contribution in [-0.4, -0.2) is 0 Å². The van der Waals surface area contributed by atoms with Gasteiger partial charge in [0.15, 0.2) is 0 Å². The van der Waals surface area contributed by atoms with Gasteiger partial charge >= 0.3 is 0 Å². The van der Waals surface area contributed by atoms with Gasteiger partial charge in [-0.3, -0.25) is 0 Å². The molecule has 0 unspecified atom stereocenters. The number of aryl methyl sites for hydroxylation is 1. The molecule has 0 aliphatic carbocycles. The van der Waals surface area contributed by atoms with Crippen molar-refractivity contribution in [2.75, 3.05) is 0 Å². The van der Waals surface area contributed by atoms with Gasteiger partial charge in [-0.25, -0.2) is 0 Å². The first-order valence-corrected chi connectivity index (χ1v) is 5.48. The quantitative estimate of drug-likeness (QED) is 0.615. The summed E-state index contributed by atoms with van der Waals surface area (Å²) < 4.78 is 0. The van der Waals surface area contributed by atoms with Crippen LogP contribution in [0.25, 0.3) is 5.57 Å². The normalized spacial score (nSPS) is 9.80. The van der Waals surface area contributed by atoms with E-state index in [4.69, 9.17) is 0 Å². The van der Waals surface area contributed by atoms with E-state index in [1.807, 2.05) is 0 Å². The fourth-order valence-electron chi connectivity index (χ4n) is 1.47. The molecule has 0 fully saturated rings. The van der Waals surface area contributed by atoms with E-state index in [0.29, 0.717) is 0 Å². The van der Waals surface area contributed by atoms with Gasteiger partial charge in [-0.05, 0) is 44.7 Å². The monoisotopic (exact) mass is 200 g/mol. The maximum atomic E-state index is 4.12. The van der Waals surface area contributed by atoms with E-state index in [-0.39, 0.29) is 0 Å². The van der Waals surface area contributed by atoms with Crippen molar-refractivity contribution in [1.29, 1.82) is 0 Å². The van der Waals surface area contributed by atoms with Gasteiger partial charge in [0.05, 0.1) is 0 Å². The molecule has 0 aromatic heterocycles. The van der Waals surface area contributed by atoms with Crippen LogP contribution in [0.2, 0.25) is 0 Å². The Hall–Kier alpha value is -1.30. The van der Waals surface area contributed by atoms with E-state index in [2.05, 4.69) is 57.7 Å². The fraction of sp³-hybridized carbons (Fsp3) is 0.333. The van der Waals surface area contributed by atoms with Crippen molar-refractivity contribution < 1.29 is 0 Å². The van der Waals surface area contributed by atoms with E-state index in [9.17, 15) is 0 Å². The molecule has 0 atom stereocenters. The van der Waals surface area contributed by atoms with Crippen molar-refractivity contribution >= 4 is 5.57 Å². The van der Waals surface area contributed by atoms with Crippen LogP contribution in [0.4, 0.5) is 0 Å². The highest BCUT2D eigenvalue weighted by atomic mass is 14.0. The minimum absolute atomic E-state index is 1.05. The highest BCUT2D eigenvalue weighted by Crippen LogP contribution is 2.18. The summed E-state index contributed by atoms with van der Waals surface area (Å²) in [4.78, 5) is 0. The summed E-state index contributed by atoms with van der Waals surface area (Å²) in [6.07, 6.45) is 4.41. The van der Waals surface area contributed by atoms with E-state index in [1.165, 1.54) is 22.3 Å². The molecule has 0 aliphatic heterocycles. The van der Waals surface area contributed by atoms with Gasteiger partial charge in [-0.15, -0.1) is 0 Å². The van der Waals surface area contributed by atoms with Crippen LogP contribution in [0.5, 0.6) is 0 Å². The molecule has 0 N–H and O–H groups in total. The molecular weight excluding hydrogens is 180 g/mol. The van der Waals surface area contributed by atoms with Crippen molar-refractivity contribution in [3.05, 3.63) is 53.6 Å². The van der Waals surface area contributed by atoms with Gasteiger partial charge in [0.1, 0.15) is 0 Å². The largest absolute Gasteiger partial charge is 0.0952 e. The minimum Gasteiger partial charge on any atom is -0.0952 e. The van der Waals surface area contributed by atoms with Crippen molar-refractivity contribution in [2.45, 2.75) is 33.6 Å². The first-order chi connectivity index (χ1) is 7.09. The van der Waals surface area contributed by atoms with Crippen LogP contribution in [-0.2, 0) is 0 Å². The SMILES string of the molecule is C=C(CCC=C(C)C)c1ccc(C)cc1. The maximum absolute atomic E-state index is 4.12. The lowest BCUT2D eigenvalue weighted by Crippen LogP contribution is -1.83. The highest BCUT2D eigenvalue weighted by Gasteiger charge is 1.97. The van der Waals surface area contributed by atoms with Crippen LogP contribution < -0.4 is 0 Å². The molecule has 0 spiro atoms. The Morgan fingerprint density at radius 3 is 2.33 bits per heavy atom. The fourth-order valence-corrected chi connectivity index (χ4v) is 1.47. The lowest BCUT2D eigenvalue weighted by atomic mass is 10.0. The Balaban J connectivity index is 2.54. The standard InChI is InChI=1S/C15H20/c1-12(2)6-5-7-14(4)15-10-8-13(3)9-11-15/h6,8-11H,4-5,7H2,1-3H3. The van der Waals surface area contributed by atoms with Gasteiger partial charge in [0.25, 0.3) is 0 Å². The van der Waals surface area contributed by atoms with Crippen LogP contribution in [0.1, 0.15) is 37.8 Å². The Bertz CT molecular complexity index is 348. The average molecular weight is 200 g/mol. The molecule has 1 aromatic carbocycles. The van der Waals surface area contributed by atoms with E-state index < -0.39 is 0 Å². The molecule has 1 aromatic rings. The van der Waals surface area contributed by atoms with Crippen molar-refractivity contribution in [3.8, 4) is 0 Å². The van der Waals surface area contributed by atoms with Crippen molar-refractivity contribution in [3.63, 3.8) is 0 Å². The zero-order valence-corrected chi connectivity index (χ0v) is 10.0. The molecule has 0 saturated heterocycles. The zero-order chi connectivity index (χ0) is 11.3. The van der Waals surface area contributed by atoms with Gasteiger partial charge in [-0.2, -0.15) is 0 Å².